The Labute approximate surface area is 182 Å². The van der Waals surface area contributed by atoms with Gasteiger partial charge in [-0.2, -0.15) is 4.31 Å². The smallest absolute Gasteiger partial charge is 0.244 e. The van der Waals surface area contributed by atoms with Gasteiger partial charge in [-0.05, 0) is 25.1 Å². The maximum atomic E-state index is 12.9. The minimum Gasteiger partial charge on any atom is -0.379 e. The van der Waals surface area contributed by atoms with Gasteiger partial charge < -0.3 is 15.4 Å². The highest BCUT2D eigenvalue weighted by Crippen LogP contribution is 2.29. The molecule has 2 heterocycles. The quantitative estimate of drug-likeness (QED) is 0.557. The van der Waals surface area contributed by atoms with Crippen LogP contribution in [0.1, 0.15) is 6.92 Å². The summed E-state index contributed by atoms with van der Waals surface area (Å²) in [6, 6.07) is 4.41. The van der Waals surface area contributed by atoms with Gasteiger partial charge in [0.2, 0.25) is 21.1 Å². The van der Waals surface area contributed by atoms with Gasteiger partial charge in [0.25, 0.3) is 0 Å². The molecule has 1 amide bonds. The number of carbonyl (C=O) groups is 1. The Hall–Kier alpha value is -1.44. The van der Waals surface area contributed by atoms with E-state index in [0.717, 1.165) is 6.54 Å². The van der Waals surface area contributed by atoms with Crippen LogP contribution in [-0.4, -0.2) is 67.4 Å². The van der Waals surface area contributed by atoms with E-state index in [2.05, 4.69) is 20.8 Å². The monoisotopic (exact) mass is 477 g/mol. The lowest BCUT2D eigenvalue weighted by Gasteiger charge is -2.26. The molecule has 0 unspecified atom stereocenters. The molecule has 1 aliphatic heterocycles. The highest BCUT2D eigenvalue weighted by Gasteiger charge is 2.28. The van der Waals surface area contributed by atoms with E-state index >= 15 is 0 Å². The summed E-state index contributed by atoms with van der Waals surface area (Å²) in [5.74, 6) is -0.165. The first kappa shape index (κ1) is 22.2. The van der Waals surface area contributed by atoms with Crippen molar-refractivity contribution < 1.29 is 17.9 Å². The first-order valence-corrected chi connectivity index (χ1v) is 12.4. The number of hydrogen-bond acceptors (Lipinski definition) is 9. The van der Waals surface area contributed by atoms with Crippen LogP contribution in [0, 0.1) is 0 Å². The number of carbonyl (C=O) groups excluding carboxylic acids is 1. The van der Waals surface area contributed by atoms with Crippen molar-refractivity contribution in [1.29, 1.82) is 0 Å². The number of nitrogens with zero attached hydrogens (tertiary/aromatic N) is 3. The van der Waals surface area contributed by atoms with Crippen molar-refractivity contribution >= 4 is 61.4 Å². The summed E-state index contributed by atoms with van der Waals surface area (Å²) in [4.78, 5) is 12.2. The van der Waals surface area contributed by atoms with Gasteiger partial charge in [-0.15, -0.1) is 10.2 Å². The molecule has 1 aromatic carbocycles. The highest BCUT2D eigenvalue weighted by atomic mass is 35.5. The van der Waals surface area contributed by atoms with E-state index in [0.29, 0.717) is 28.4 Å². The van der Waals surface area contributed by atoms with Crippen LogP contribution in [0.2, 0.25) is 5.02 Å². The van der Waals surface area contributed by atoms with Gasteiger partial charge >= 0.3 is 0 Å². The molecule has 13 heteroatoms. The third-order valence-corrected chi connectivity index (χ3v) is 8.26. The Kier molecular flexibility index (Phi) is 7.71. The third-order valence-electron chi connectivity index (χ3n) is 3.86. The van der Waals surface area contributed by atoms with E-state index < -0.39 is 10.0 Å². The standard InChI is InChI=1S/C16H20ClN5O4S3/c1-2-18-15-20-21-16(28-15)27-10-14(23)19-11-3-4-12(17)13(9-11)29(24,25)22-5-7-26-8-6-22/h3-4,9H,2,5-8,10H2,1H3,(H,18,20)(H,19,23). The van der Waals surface area contributed by atoms with E-state index in [9.17, 15) is 13.2 Å². The van der Waals surface area contributed by atoms with Crippen LogP contribution in [0.5, 0.6) is 0 Å². The van der Waals surface area contributed by atoms with Crippen LogP contribution in [-0.2, 0) is 19.6 Å². The zero-order chi connectivity index (χ0) is 20.9. The fourth-order valence-corrected chi connectivity index (χ4v) is 6.05. The lowest BCUT2D eigenvalue weighted by atomic mass is 10.3. The van der Waals surface area contributed by atoms with Crippen LogP contribution < -0.4 is 10.6 Å². The normalized spacial score (nSPS) is 15.2. The summed E-state index contributed by atoms with van der Waals surface area (Å²) in [5.41, 5.74) is 0.359. The Morgan fingerprint density at radius 2 is 2.10 bits per heavy atom. The number of hydrogen-bond donors (Lipinski definition) is 2. The SMILES string of the molecule is CCNc1nnc(SCC(=O)Nc2ccc(Cl)c(S(=O)(=O)N3CCOCC3)c2)s1. The van der Waals surface area contributed by atoms with Crippen LogP contribution in [0.3, 0.4) is 0 Å². The molecule has 1 fully saturated rings. The molecular weight excluding hydrogens is 458 g/mol. The summed E-state index contributed by atoms with van der Waals surface area (Å²) < 4.78 is 32.9. The second-order valence-electron chi connectivity index (χ2n) is 5.90. The van der Waals surface area contributed by atoms with Gasteiger partial charge in [0, 0.05) is 25.3 Å². The minimum atomic E-state index is -3.77. The fraction of sp³-hybridized carbons (Fsp3) is 0.438. The first-order chi connectivity index (χ1) is 13.9. The number of rotatable bonds is 8. The van der Waals surface area contributed by atoms with E-state index in [1.165, 1.54) is 39.5 Å². The zero-order valence-electron chi connectivity index (χ0n) is 15.6. The number of ether oxygens (including phenoxy) is 1. The molecule has 29 heavy (non-hydrogen) atoms. The molecule has 0 saturated carbocycles. The minimum absolute atomic E-state index is 0.0362. The number of morpholine rings is 1. The highest BCUT2D eigenvalue weighted by molar-refractivity contribution is 8.01. The van der Waals surface area contributed by atoms with Crippen LogP contribution in [0.25, 0.3) is 0 Å². The van der Waals surface area contributed by atoms with Gasteiger partial charge in [0.1, 0.15) is 4.90 Å². The number of thioether (sulfide) groups is 1. The molecule has 0 aliphatic carbocycles. The average molecular weight is 478 g/mol. The maximum absolute atomic E-state index is 12.9. The van der Waals surface area contributed by atoms with Crippen LogP contribution >= 0.6 is 34.7 Å². The van der Waals surface area contributed by atoms with Gasteiger partial charge in [-0.1, -0.05) is 34.7 Å². The molecule has 2 aromatic rings. The van der Waals surface area contributed by atoms with Crippen molar-refractivity contribution in [1.82, 2.24) is 14.5 Å². The topological polar surface area (TPSA) is 114 Å². The second kappa shape index (κ2) is 10.0. The van der Waals surface area contributed by atoms with E-state index in [1.807, 2.05) is 6.92 Å². The van der Waals surface area contributed by atoms with Crippen molar-refractivity contribution in [2.75, 3.05) is 49.2 Å². The van der Waals surface area contributed by atoms with Gasteiger partial charge in [-0.3, -0.25) is 4.79 Å². The molecule has 9 nitrogen and oxygen atoms in total. The average Bonchev–Trinajstić information content (AvgIpc) is 3.16. The Morgan fingerprint density at radius 3 is 2.83 bits per heavy atom. The van der Waals surface area contributed by atoms with Gasteiger partial charge in [-0.25, -0.2) is 8.42 Å². The molecule has 0 spiro atoms. The van der Waals surface area contributed by atoms with Gasteiger partial charge in [0.15, 0.2) is 4.34 Å². The molecule has 3 rings (SSSR count). The zero-order valence-corrected chi connectivity index (χ0v) is 18.8. The molecule has 1 aliphatic rings. The molecular formula is C16H20ClN5O4S3. The number of nitrogens with one attached hydrogen (secondary N) is 2. The predicted molar refractivity (Wildman–Crippen MR) is 114 cm³/mol. The summed E-state index contributed by atoms with van der Waals surface area (Å²) >= 11 is 8.76. The van der Waals surface area contributed by atoms with E-state index in [4.69, 9.17) is 16.3 Å². The van der Waals surface area contributed by atoms with E-state index in [1.54, 1.807) is 6.07 Å². The summed E-state index contributed by atoms with van der Waals surface area (Å²) in [6.45, 7) is 3.91. The van der Waals surface area contributed by atoms with E-state index in [-0.39, 0.29) is 34.7 Å². The van der Waals surface area contributed by atoms with Crippen molar-refractivity contribution in [3.8, 4) is 0 Å². The summed E-state index contributed by atoms with van der Waals surface area (Å²) in [5, 5.41) is 14.5. The summed E-state index contributed by atoms with van der Waals surface area (Å²) in [6.07, 6.45) is 0. The number of amides is 1. The van der Waals surface area contributed by atoms with Crippen molar-refractivity contribution in [3.63, 3.8) is 0 Å². The predicted octanol–water partition coefficient (Wildman–Crippen LogP) is 2.38. The molecule has 158 valence electrons. The first-order valence-electron chi connectivity index (χ1n) is 8.77. The lowest BCUT2D eigenvalue weighted by molar-refractivity contribution is -0.113. The molecule has 2 N–H and O–H groups in total. The van der Waals surface area contributed by atoms with Crippen LogP contribution in [0.4, 0.5) is 10.8 Å². The largest absolute Gasteiger partial charge is 0.379 e. The Bertz CT molecular complexity index is 963. The molecule has 0 radical (unpaired) electrons. The van der Waals surface area contributed by atoms with Crippen molar-refractivity contribution in [2.24, 2.45) is 0 Å². The molecule has 1 aromatic heterocycles. The number of anilines is 2. The second-order valence-corrected chi connectivity index (χ2v) is 10.4. The van der Waals surface area contributed by atoms with Crippen LogP contribution in [0.15, 0.2) is 27.4 Å². The summed E-state index contributed by atoms with van der Waals surface area (Å²) in [7, 11) is -3.77. The molecule has 0 atom stereocenters. The van der Waals surface area contributed by atoms with Crippen molar-refractivity contribution in [3.05, 3.63) is 23.2 Å². The third kappa shape index (κ3) is 5.80. The molecule has 1 saturated heterocycles. The van der Waals surface area contributed by atoms with Crippen molar-refractivity contribution in [2.45, 2.75) is 16.2 Å². The lowest BCUT2D eigenvalue weighted by Crippen LogP contribution is -2.40. The number of benzene rings is 1. The fourth-order valence-electron chi connectivity index (χ4n) is 2.52. The number of halogens is 1. The van der Waals surface area contributed by atoms with Gasteiger partial charge in [0.05, 0.1) is 24.0 Å². The Morgan fingerprint density at radius 1 is 1.34 bits per heavy atom. The Balaban J connectivity index is 1.64. The number of sulfonamides is 1. The molecule has 0 bridgehead atoms. The number of aromatic nitrogens is 2. The maximum Gasteiger partial charge on any atom is 0.244 e.